The first-order valence-corrected chi connectivity index (χ1v) is 10.8. The van der Waals surface area contributed by atoms with Crippen LogP contribution in [0.25, 0.3) is 17.0 Å². The van der Waals surface area contributed by atoms with Gasteiger partial charge in [0.25, 0.3) is 0 Å². The molecule has 0 bridgehead atoms. The quantitative estimate of drug-likeness (QED) is 0.213. The van der Waals surface area contributed by atoms with Crippen LogP contribution in [0.4, 0.5) is 10.1 Å². The van der Waals surface area contributed by atoms with Crippen LogP contribution in [0.5, 0.6) is 0 Å². The number of thioether (sulfide) groups is 1. The van der Waals surface area contributed by atoms with Crippen LogP contribution in [0, 0.1) is 11.0 Å². The van der Waals surface area contributed by atoms with Gasteiger partial charge < -0.3 is 19.8 Å². The van der Waals surface area contributed by atoms with E-state index in [1.165, 1.54) is 42.4 Å². The van der Waals surface area contributed by atoms with Gasteiger partial charge in [0.2, 0.25) is 5.52 Å². The second-order valence-electron chi connectivity index (χ2n) is 6.91. The van der Waals surface area contributed by atoms with Crippen molar-refractivity contribution in [1.29, 1.82) is 0 Å². The molecule has 156 valence electrons. The summed E-state index contributed by atoms with van der Waals surface area (Å²) in [6.07, 6.45) is 5.65. The molecule has 1 aromatic carbocycles. The number of pyridine rings is 1. The fourth-order valence-electron chi connectivity index (χ4n) is 3.60. The Balaban J connectivity index is 1.78. The van der Waals surface area contributed by atoms with Crippen LogP contribution in [0.3, 0.4) is 0 Å². The lowest BCUT2D eigenvalue weighted by Crippen LogP contribution is -2.44. The van der Waals surface area contributed by atoms with E-state index >= 15 is 4.39 Å². The fraction of sp³-hybridized carbons (Fsp3) is 0.273. The molecule has 8 heteroatoms. The third kappa shape index (κ3) is 4.06. The maximum absolute atomic E-state index is 15.2. The van der Waals surface area contributed by atoms with E-state index in [1.54, 1.807) is 18.2 Å². The number of nitrogens with one attached hydrogen (secondary N) is 1. The third-order valence-corrected chi connectivity index (χ3v) is 5.91. The van der Waals surface area contributed by atoms with Crippen molar-refractivity contribution in [2.24, 2.45) is 0 Å². The van der Waals surface area contributed by atoms with Crippen molar-refractivity contribution in [2.45, 2.75) is 11.8 Å². The molecule has 4 rings (SSSR count). The Labute approximate surface area is 177 Å². The Bertz CT molecular complexity index is 1090. The highest BCUT2D eigenvalue weighted by Crippen LogP contribution is 2.38. The highest BCUT2D eigenvalue weighted by atomic mass is 32.2. The average molecular weight is 428 g/mol. The van der Waals surface area contributed by atoms with Gasteiger partial charge in [-0.1, -0.05) is 6.92 Å². The van der Waals surface area contributed by atoms with Crippen LogP contribution in [0.1, 0.15) is 23.0 Å². The fourth-order valence-corrected chi connectivity index (χ4v) is 4.59. The van der Waals surface area contributed by atoms with Gasteiger partial charge in [-0.05, 0) is 42.2 Å². The summed E-state index contributed by atoms with van der Waals surface area (Å²) < 4.78 is 21.1. The standard InChI is InChI=1S/C22H22FN3O3S/c1-2-30-22-20-15(13-18(23)21(22)25-9-7-24-8-10-25)12-16(14-26(20)28)19(27)6-5-17-4-3-11-29-17/h3-6,11-14,24H,2,7-10H2,1H3. The Morgan fingerprint density at radius 3 is 2.90 bits per heavy atom. The second-order valence-corrected chi connectivity index (χ2v) is 8.19. The van der Waals surface area contributed by atoms with Crippen molar-refractivity contribution >= 4 is 40.2 Å². The normalized spacial score (nSPS) is 14.7. The lowest BCUT2D eigenvalue weighted by molar-refractivity contribution is -0.578. The Morgan fingerprint density at radius 2 is 2.20 bits per heavy atom. The van der Waals surface area contributed by atoms with Crippen molar-refractivity contribution in [2.75, 3.05) is 36.8 Å². The zero-order valence-corrected chi connectivity index (χ0v) is 17.4. The molecular weight excluding hydrogens is 405 g/mol. The van der Waals surface area contributed by atoms with Crippen LogP contribution in [0.2, 0.25) is 0 Å². The molecule has 0 radical (unpaired) electrons. The highest BCUT2D eigenvalue weighted by Gasteiger charge is 2.26. The molecule has 1 saturated heterocycles. The van der Waals surface area contributed by atoms with Crippen molar-refractivity contribution < 1.29 is 18.3 Å². The number of nitrogens with zero attached hydrogens (tertiary/aromatic N) is 2. The van der Waals surface area contributed by atoms with Crippen LogP contribution < -0.4 is 14.9 Å². The summed E-state index contributed by atoms with van der Waals surface area (Å²) in [6.45, 7) is 4.84. The number of carbonyl (C=O) groups excluding carboxylic acids is 1. The zero-order chi connectivity index (χ0) is 21.1. The van der Waals surface area contributed by atoms with Crippen LogP contribution >= 0.6 is 11.8 Å². The first-order valence-electron chi connectivity index (χ1n) is 9.82. The molecule has 1 aliphatic heterocycles. The molecule has 0 spiro atoms. The number of halogens is 1. The summed E-state index contributed by atoms with van der Waals surface area (Å²) in [4.78, 5) is 15.2. The monoisotopic (exact) mass is 427 g/mol. The van der Waals surface area contributed by atoms with E-state index in [9.17, 15) is 10.0 Å². The molecule has 3 aromatic rings. The number of benzene rings is 1. The number of anilines is 1. The average Bonchev–Trinajstić information content (AvgIpc) is 3.26. The molecule has 0 unspecified atom stereocenters. The van der Waals surface area contributed by atoms with Crippen LogP contribution in [-0.4, -0.2) is 37.7 Å². The number of piperazine rings is 1. The van der Waals surface area contributed by atoms with Crippen molar-refractivity contribution in [3.05, 3.63) is 65.1 Å². The number of hydrogen-bond donors (Lipinski definition) is 1. The van der Waals surface area contributed by atoms with Gasteiger partial charge in [-0.2, -0.15) is 4.73 Å². The van der Waals surface area contributed by atoms with Crippen molar-refractivity contribution in [3.63, 3.8) is 0 Å². The number of rotatable bonds is 6. The van der Waals surface area contributed by atoms with Crippen LogP contribution in [-0.2, 0) is 0 Å². The Morgan fingerprint density at radius 1 is 1.40 bits per heavy atom. The number of ketones is 1. The summed E-state index contributed by atoms with van der Waals surface area (Å²) >= 11 is 1.44. The maximum Gasteiger partial charge on any atom is 0.239 e. The molecule has 30 heavy (non-hydrogen) atoms. The van der Waals surface area contributed by atoms with Gasteiger partial charge in [-0.15, -0.1) is 11.8 Å². The predicted molar refractivity (Wildman–Crippen MR) is 116 cm³/mol. The summed E-state index contributed by atoms with van der Waals surface area (Å²) in [7, 11) is 0. The van der Waals surface area contributed by atoms with Gasteiger partial charge in [-0.3, -0.25) is 4.79 Å². The third-order valence-electron chi connectivity index (χ3n) is 4.95. The molecule has 0 atom stereocenters. The summed E-state index contributed by atoms with van der Waals surface area (Å²) in [5.74, 6) is 0.502. The number of hydrogen-bond acceptors (Lipinski definition) is 6. The Hall–Kier alpha value is -2.84. The largest absolute Gasteiger partial charge is 0.618 e. The lowest BCUT2D eigenvalue weighted by atomic mass is 10.1. The zero-order valence-electron chi connectivity index (χ0n) is 16.6. The predicted octanol–water partition coefficient (Wildman–Crippen LogP) is 3.62. The van der Waals surface area contributed by atoms with E-state index in [0.29, 0.717) is 50.8 Å². The van der Waals surface area contributed by atoms with Gasteiger partial charge in [0.1, 0.15) is 16.5 Å². The number of aromatic nitrogens is 1. The summed E-state index contributed by atoms with van der Waals surface area (Å²) in [5.41, 5.74) is 1.06. The molecule has 2 aromatic heterocycles. The van der Waals surface area contributed by atoms with E-state index in [-0.39, 0.29) is 17.2 Å². The van der Waals surface area contributed by atoms with Gasteiger partial charge in [-0.25, -0.2) is 4.39 Å². The SMILES string of the molecule is CCSc1c(N2CCNCC2)c(F)cc2cc(C(=O)C=Cc3ccco3)c[n+]([O-])c12. The van der Waals surface area contributed by atoms with E-state index in [4.69, 9.17) is 4.42 Å². The maximum atomic E-state index is 15.2. The first kappa shape index (κ1) is 20.4. The first-order chi connectivity index (χ1) is 14.6. The topological polar surface area (TPSA) is 72.4 Å². The second kappa shape index (κ2) is 8.89. The van der Waals surface area contributed by atoms with Gasteiger partial charge in [0, 0.05) is 26.2 Å². The molecule has 0 amide bonds. The van der Waals surface area contributed by atoms with E-state index in [1.807, 2.05) is 11.8 Å². The van der Waals surface area contributed by atoms with Gasteiger partial charge in [0.05, 0.1) is 22.9 Å². The Kier molecular flexibility index (Phi) is 6.06. The lowest BCUT2D eigenvalue weighted by Gasteiger charge is -2.31. The molecule has 0 saturated carbocycles. The minimum absolute atomic E-state index is 0.196. The minimum Gasteiger partial charge on any atom is -0.618 e. The van der Waals surface area contributed by atoms with E-state index < -0.39 is 0 Å². The number of carbonyl (C=O) groups is 1. The van der Waals surface area contributed by atoms with Crippen molar-refractivity contribution in [1.82, 2.24) is 5.32 Å². The molecule has 1 aliphatic rings. The van der Waals surface area contributed by atoms with E-state index in [0.717, 1.165) is 13.1 Å². The van der Waals surface area contributed by atoms with Crippen molar-refractivity contribution in [3.8, 4) is 0 Å². The number of allylic oxidation sites excluding steroid dienone is 1. The van der Waals surface area contributed by atoms with Gasteiger partial charge in [0.15, 0.2) is 12.0 Å². The van der Waals surface area contributed by atoms with Crippen LogP contribution in [0.15, 0.2) is 52.1 Å². The highest BCUT2D eigenvalue weighted by molar-refractivity contribution is 7.99. The molecule has 0 aliphatic carbocycles. The minimum atomic E-state index is -0.379. The summed E-state index contributed by atoms with van der Waals surface area (Å²) in [6, 6.07) is 6.37. The molecule has 3 heterocycles. The van der Waals surface area contributed by atoms with E-state index in [2.05, 4.69) is 5.32 Å². The smallest absolute Gasteiger partial charge is 0.239 e. The number of furan rings is 1. The molecule has 6 nitrogen and oxygen atoms in total. The van der Waals surface area contributed by atoms with Gasteiger partial charge >= 0.3 is 0 Å². The molecule has 1 N–H and O–H groups in total. The molecular formula is C22H22FN3O3S. The summed E-state index contributed by atoms with van der Waals surface area (Å²) in [5, 5.41) is 16.6. The number of fused-ring (bicyclic) bond motifs is 1. The molecule has 1 fully saturated rings.